The van der Waals surface area contributed by atoms with Crippen LogP contribution in [0.25, 0.3) is 6.08 Å². The largest absolute Gasteiger partial charge is 0.387 e. The number of morpholine rings is 1. The zero-order chi connectivity index (χ0) is 26.4. The van der Waals surface area contributed by atoms with Gasteiger partial charge in [0.05, 0.1) is 23.8 Å². The number of non-ortho nitro benzene ring substituents is 1. The first-order valence-electron chi connectivity index (χ1n) is 12.1. The number of aliphatic imine (C=N–C) groups is 1. The van der Waals surface area contributed by atoms with Gasteiger partial charge < -0.3 is 15.4 Å². The van der Waals surface area contributed by atoms with Crippen molar-refractivity contribution >= 4 is 35.1 Å². The second-order valence-corrected chi connectivity index (χ2v) is 8.73. The summed E-state index contributed by atoms with van der Waals surface area (Å²) in [5.74, 6) is -0.192. The Morgan fingerprint density at radius 1 is 1.19 bits per heavy atom. The maximum absolute atomic E-state index is 13.4. The summed E-state index contributed by atoms with van der Waals surface area (Å²) in [5, 5.41) is 12.1. The van der Waals surface area contributed by atoms with E-state index in [-0.39, 0.29) is 36.4 Å². The maximum atomic E-state index is 13.4. The van der Waals surface area contributed by atoms with Crippen molar-refractivity contribution in [1.29, 1.82) is 0 Å². The number of nitro benzene ring substituents is 1. The molecule has 0 aliphatic carbocycles. The molecule has 2 amide bonds. The number of amidine groups is 1. The number of hydroxylamine groups is 2. The van der Waals surface area contributed by atoms with Gasteiger partial charge in [-0.25, -0.2) is 10.1 Å². The van der Waals surface area contributed by atoms with Crippen LogP contribution in [0.3, 0.4) is 0 Å². The van der Waals surface area contributed by atoms with Crippen LogP contribution in [0.15, 0.2) is 53.0 Å². The van der Waals surface area contributed by atoms with E-state index in [1.165, 1.54) is 17.2 Å². The van der Waals surface area contributed by atoms with Gasteiger partial charge in [0.2, 0.25) is 0 Å². The summed E-state index contributed by atoms with van der Waals surface area (Å²) >= 11 is 0. The fourth-order valence-corrected chi connectivity index (χ4v) is 4.06. The monoisotopic (exact) mass is 507 g/mol. The molecule has 2 aliphatic rings. The molecule has 0 bridgehead atoms. The topological polar surface area (TPSA) is 141 Å². The van der Waals surface area contributed by atoms with Crippen molar-refractivity contribution in [2.75, 3.05) is 32.8 Å². The number of nitro groups is 1. The number of ether oxygens (including phenoxy) is 1. The van der Waals surface area contributed by atoms with Gasteiger partial charge in [0.15, 0.2) is 0 Å². The maximum Gasteiger partial charge on any atom is 0.273 e. The Hall–Kier alpha value is -4.09. The Bertz CT molecular complexity index is 1230. The van der Waals surface area contributed by atoms with Crippen LogP contribution >= 0.6 is 0 Å². The van der Waals surface area contributed by atoms with Gasteiger partial charge in [-0.05, 0) is 42.3 Å². The molecule has 2 heterocycles. The van der Waals surface area contributed by atoms with Crippen molar-refractivity contribution in [2.24, 2.45) is 10.7 Å². The molecule has 1 fully saturated rings. The molecule has 37 heavy (non-hydrogen) atoms. The summed E-state index contributed by atoms with van der Waals surface area (Å²) in [4.78, 5) is 48.7. The van der Waals surface area contributed by atoms with Gasteiger partial charge in [-0.15, -0.1) is 0 Å². The van der Waals surface area contributed by atoms with E-state index >= 15 is 0 Å². The molecule has 0 saturated carbocycles. The average Bonchev–Trinajstić information content (AvgIpc) is 3.08. The van der Waals surface area contributed by atoms with Crippen molar-refractivity contribution < 1.29 is 24.1 Å². The quantitative estimate of drug-likeness (QED) is 0.427. The molecule has 1 saturated heterocycles. The van der Waals surface area contributed by atoms with Gasteiger partial charge in [-0.3, -0.25) is 24.5 Å². The SMILES string of the molecule is CCCN(OCc1ccc([N+](=O)[O-])cc1)C(=O)C1=Cc2ccc(C(=O)N3CCOCC3)cc2N=C(N)C1. The Morgan fingerprint density at radius 3 is 2.59 bits per heavy atom. The number of amides is 2. The summed E-state index contributed by atoms with van der Waals surface area (Å²) < 4.78 is 5.32. The van der Waals surface area contributed by atoms with Gasteiger partial charge in [-0.2, -0.15) is 0 Å². The van der Waals surface area contributed by atoms with E-state index in [9.17, 15) is 19.7 Å². The predicted octanol–water partition coefficient (Wildman–Crippen LogP) is 3.21. The van der Waals surface area contributed by atoms with Crippen molar-refractivity contribution in [3.8, 4) is 0 Å². The summed E-state index contributed by atoms with van der Waals surface area (Å²) in [7, 11) is 0. The zero-order valence-electron chi connectivity index (χ0n) is 20.6. The number of carbonyl (C=O) groups excluding carboxylic acids is 2. The van der Waals surface area contributed by atoms with E-state index < -0.39 is 4.92 Å². The summed E-state index contributed by atoms with van der Waals surface area (Å²) in [6, 6.07) is 11.2. The van der Waals surface area contributed by atoms with Crippen molar-refractivity contribution in [1.82, 2.24) is 9.96 Å². The molecule has 0 spiro atoms. The number of carbonyl (C=O) groups is 2. The Balaban J connectivity index is 1.51. The standard InChI is InChI=1S/C26H29N5O6/c1-2-9-30(37-17-18-3-7-22(8-4-18)31(34)35)26(33)21-14-19-5-6-20(15-23(19)28-24(27)16-21)25(32)29-10-12-36-13-11-29/h3-8,14-15H,2,9-13,16-17H2,1H3,(H2,27,28). The van der Waals surface area contributed by atoms with E-state index in [0.717, 1.165) is 0 Å². The highest BCUT2D eigenvalue weighted by Crippen LogP contribution is 2.29. The Labute approximate surface area is 214 Å². The molecular formula is C26H29N5O6. The third-order valence-corrected chi connectivity index (χ3v) is 6.00. The molecule has 2 aliphatic heterocycles. The molecule has 11 nitrogen and oxygen atoms in total. The normalized spacial score (nSPS) is 15.2. The van der Waals surface area contributed by atoms with Gasteiger partial charge in [0.25, 0.3) is 17.5 Å². The molecule has 0 unspecified atom stereocenters. The lowest BCUT2D eigenvalue weighted by atomic mass is 10.0. The number of fused-ring (bicyclic) bond motifs is 1. The van der Waals surface area contributed by atoms with Crippen LogP contribution in [-0.2, 0) is 21.0 Å². The minimum absolute atomic E-state index is 0.0166. The number of rotatable bonds is 8. The van der Waals surface area contributed by atoms with Gasteiger partial charge in [0, 0.05) is 54.9 Å². The Morgan fingerprint density at radius 2 is 1.92 bits per heavy atom. The molecular weight excluding hydrogens is 478 g/mol. The second-order valence-electron chi connectivity index (χ2n) is 8.73. The highest BCUT2D eigenvalue weighted by atomic mass is 16.7. The van der Waals surface area contributed by atoms with Crippen LogP contribution in [0.5, 0.6) is 0 Å². The highest BCUT2D eigenvalue weighted by molar-refractivity contribution is 6.05. The second kappa shape index (κ2) is 11.8. The number of benzene rings is 2. The summed E-state index contributed by atoms with van der Waals surface area (Å²) in [6.45, 7) is 4.44. The molecule has 0 atom stereocenters. The number of hydrogen-bond donors (Lipinski definition) is 1. The van der Waals surface area contributed by atoms with E-state index in [0.29, 0.717) is 67.2 Å². The first kappa shape index (κ1) is 26.0. The summed E-state index contributed by atoms with van der Waals surface area (Å²) in [5.41, 5.74) is 8.93. The Kier molecular flexibility index (Phi) is 8.26. The molecule has 11 heteroatoms. The molecule has 0 aromatic heterocycles. The number of nitrogens with two attached hydrogens (primary N) is 1. The van der Waals surface area contributed by atoms with E-state index in [4.69, 9.17) is 15.3 Å². The fraction of sp³-hybridized carbons (Fsp3) is 0.346. The van der Waals surface area contributed by atoms with Crippen LogP contribution in [0.2, 0.25) is 0 Å². The van der Waals surface area contributed by atoms with Gasteiger partial charge in [0.1, 0.15) is 12.4 Å². The lowest BCUT2D eigenvalue weighted by Gasteiger charge is -2.27. The smallest absolute Gasteiger partial charge is 0.273 e. The van der Waals surface area contributed by atoms with Crippen molar-refractivity contribution in [3.63, 3.8) is 0 Å². The van der Waals surface area contributed by atoms with Crippen molar-refractivity contribution in [2.45, 2.75) is 26.4 Å². The lowest BCUT2D eigenvalue weighted by molar-refractivity contribution is -0.384. The van der Waals surface area contributed by atoms with E-state index in [2.05, 4.69) is 4.99 Å². The first-order valence-corrected chi connectivity index (χ1v) is 12.1. The molecule has 2 aromatic rings. The number of hydrogen-bond acceptors (Lipinski definition) is 8. The third kappa shape index (κ3) is 6.38. The highest BCUT2D eigenvalue weighted by Gasteiger charge is 2.24. The molecule has 2 aromatic carbocycles. The van der Waals surface area contributed by atoms with E-state index in [1.807, 2.05) is 6.92 Å². The lowest BCUT2D eigenvalue weighted by Crippen LogP contribution is -2.40. The van der Waals surface area contributed by atoms with Crippen LogP contribution in [0.4, 0.5) is 11.4 Å². The van der Waals surface area contributed by atoms with Crippen LogP contribution in [0.1, 0.15) is 41.3 Å². The predicted molar refractivity (Wildman–Crippen MR) is 137 cm³/mol. The van der Waals surface area contributed by atoms with Crippen LogP contribution < -0.4 is 5.73 Å². The van der Waals surface area contributed by atoms with Crippen LogP contribution in [0, 0.1) is 10.1 Å². The minimum atomic E-state index is -0.471. The molecule has 2 N–H and O–H groups in total. The van der Waals surface area contributed by atoms with Crippen LogP contribution in [-0.4, -0.2) is 65.4 Å². The van der Waals surface area contributed by atoms with Gasteiger partial charge in [-0.1, -0.05) is 13.0 Å². The third-order valence-electron chi connectivity index (χ3n) is 6.00. The average molecular weight is 508 g/mol. The fourth-order valence-electron chi connectivity index (χ4n) is 4.06. The molecule has 194 valence electrons. The first-order chi connectivity index (χ1) is 17.9. The van der Waals surface area contributed by atoms with Gasteiger partial charge >= 0.3 is 0 Å². The van der Waals surface area contributed by atoms with Crippen molar-refractivity contribution in [3.05, 3.63) is 74.8 Å². The summed E-state index contributed by atoms with van der Waals surface area (Å²) in [6.07, 6.45) is 2.51. The molecule has 4 rings (SSSR count). The zero-order valence-corrected chi connectivity index (χ0v) is 20.6. The molecule has 0 radical (unpaired) electrons. The minimum Gasteiger partial charge on any atom is -0.387 e. The number of nitrogens with zero attached hydrogens (tertiary/aromatic N) is 4. The van der Waals surface area contributed by atoms with E-state index in [1.54, 1.807) is 41.3 Å².